The summed E-state index contributed by atoms with van der Waals surface area (Å²) in [5.41, 5.74) is 1.37. The molecule has 2 nitrogen and oxygen atoms in total. The minimum absolute atomic E-state index is 1.01. The third kappa shape index (κ3) is 5.10. The summed E-state index contributed by atoms with van der Waals surface area (Å²) in [4.78, 5) is 0. The van der Waals surface area contributed by atoms with Gasteiger partial charge in [-0.05, 0) is 43.9 Å². The average molecular weight is 326 g/mol. The highest BCUT2D eigenvalue weighted by Gasteiger charge is 2.34. The van der Waals surface area contributed by atoms with E-state index >= 15 is 0 Å². The number of anilines is 1. The van der Waals surface area contributed by atoms with Gasteiger partial charge in [-0.3, -0.25) is 0 Å². The van der Waals surface area contributed by atoms with Crippen molar-refractivity contribution in [2.45, 2.75) is 58.9 Å². The second-order valence-electron chi connectivity index (χ2n) is 8.39. The summed E-state index contributed by atoms with van der Waals surface area (Å²) in [7, 11) is -4.24. The van der Waals surface area contributed by atoms with Crippen molar-refractivity contribution in [1.82, 2.24) is 0 Å². The van der Waals surface area contributed by atoms with Crippen LogP contribution < -0.4 is 8.66 Å². The van der Waals surface area contributed by atoms with Crippen molar-refractivity contribution in [3.8, 4) is 5.75 Å². The Bertz CT molecular complexity index is 424. The Kier molecular flexibility index (Phi) is 4.99. The molecular formula is C15H31NOSi3. The van der Waals surface area contributed by atoms with Crippen LogP contribution >= 0.6 is 0 Å². The van der Waals surface area contributed by atoms with Crippen molar-refractivity contribution in [2.24, 2.45) is 0 Å². The molecule has 0 aliphatic heterocycles. The van der Waals surface area contributed by atoms with E-state index < -0.39 is 24.8 Å². The van der Waals surface area contributed by atoms with E-state index in [-0.39, 0.29) is 0 Å². The van der Waals surface area contributed by atoms with E-state index in [4.69, 9.17) is 4.43 Å². The lowest BCUT2D eigenvalue weighted by Crippen LogP contribution is -2.59. The first-order chi connectivity index (χ1) is 8.81. The molecule has 0 saturated heterocycles. The highest BCUT2D eigenvalue weighted by atomic mass is 28.4. The zero-order valence-corrected chi connectivity index (χ0v) is 17.7. The maximum Gasteiger partial charge on any atom is 0.242 e. The second kappa shape index (κ2) is 5.69. The summed E-state index contributed by atoms with van der Waals surface area (Å²) in [6.45, 7) is 21.2. The van der Waals surface area contributed by atoms with E-state index in [9.17, 15) is 0 Å². The minimum Gasteiger partial charge on any atom is -0.544 e. The van der Waals surface area contributed by atoms with Gasteiger partial charge in [-0.2, -0.15) is 0 Å². The number of hydrogen-bond acceptors (Lipinski definition) is 2. The molecule has 5 heteroatoms. The van der Waals surface area contributed by atoms with Gasteiger partial charge in [0.05, 0.1) is 0 Å². The zero-order chi connectivity index (χ0) is 15.8. The van der Waals surface area contributed by atoms with Gasteiger partial charge in [0.1, 0.15) is 22.2 Å². The van der Waals surface area contributed by atoms with Crippen LogP contribution in [-0.4, -0.2) is 24.8 Å². The summed E-state index contributed by atoms with van der Waals surface area (Å²) >= 11 is 0. The van der Waals surface area contributed by atoms with Gasteiger partial charge in [-0.25, -0.2) is 0 Å². The largest absolute Gasteiger partial charge is 0.544 e. The molecule has 0 bridgehead atoms. The Morgan fingerprint density at radius 3 is 1.40 bits per heavy atom. The highest BCUT2D eigenvalue weighted by Crippen LogP contribution is 2.30. The Labute approximate surface area is 128 Å². The van der Waals surface area contributed by atoms with E-state index in [1.807, 2.05) is 0 Å². The minimum atomic E-state index is -1.51. The van der Waals surface area contributed by atoms with Gasteiger partial charge < -0.3 is 8.66 Å². The fourth-order valence-corrected chi connectivity index (χ4v) is 13.5. The van der Waals surface area contributed by atoms with Crippen LogP contribution in [0.2, 0.25) is 58.9 Å². The monoisotopic (exact) mass is 325 g/mol. The molecule has 0 unspecified atom stereocenters. The molecule has 0 N–H and O–H groups in total. The molecule has 0 aliphatic rings. The van der Waals surface area contributed by atoms with Crippen LogP contribution in [0.25, 0.3) is 0 Å². The summed E-state index contributed by atoms with van der Waals surface area (Å²) in [5, 5.41) is 0. The van der Waals surface area contributed by atoms with Crippen LogP contribution in [0, 0.1) is 0 Å². The maximum absolute atomic E-state index is 6.05. The predicted octanol–water partition coefficient (Wildman–Crippen LogP) is 5.38. The topological polar surface area (TPSA) is 12.5 Å². The van der Waals surface area contributed by atoms with Gasteiger partial charge in [-0.1, -0.05) is 39.3 Å². The van der Waals surface area contributed by atoms with Crippen LogP contribution in [0.1, 0.15) is 0 Å². The molecule has 0 aliphatic carbocycles. The van der Waals surface area contributed by atoms with Crippen molar-refractivity contribution in [2.75, 3.05) is 4.23 Å². The van der Waals surface area contributed by atoms with E-state index in [1.165, 1.54) is 5.69 Å². The Morgan fingerprint density at radius 2 is 1.10 bits per heavy atom. The molecule has 0 saturated carbocycles. The molecule has 0 amide bonds. The van der Waals surface area contributed by atoms with E-state index in [0.29, 0.717) is 0 Å². The van der Waals surface area contributed by atoms with Crippen molar-refractivity contribution in [3.05, 3.63) is 24.3 Å². The standard InChI is InChI=1S/C15H31NOSi3/c1-18(2,3)16(19(4,5)6)14-10-12-15(13-11-14)17-20(7,8)9/h10-13H,1-9H3. The predicted molar refractivity (Wildman–Crippen MR) is 99.6 cm³/mol. The second-order valence-corrected chi connectivity index (χ2v) is 22.8. The van der Waals surface area contributed by atoms with Gasteiger partial charge in [-0.15, -0.1) is 0 Å². The Balaban J connectivity index is 3.07. The highest BCUT2D eigenvalue weighted by molar-refractivity contribution is 6.99. The zero-order valence-electron chi connectivity index (χ0n) is 14.7. The van der Waals surface area contributed by atoms with Crippen LogP contribution in [0.3, 0.4) is 0 Å². The molecular weight excluding hydrogens is 294 g/mol. The van der Waals surface area contributed by atoms with Crippen molar-refractivity contribution in [1.29, 1.82) is 0 Å². The molecule has 0 aromatic heterocycles. The maximum atomic E-state index is 6.05. The Hall–Kier alpha value is -0.529. The van der Waals surface area contributed by atoms with Crippen molar-refractivity contribution in [3.63, 3.8) is 0 Å². The van der Waals surface area contributed by atoms with Gasteiger partial charge >= 0.3 is 0 Å². The van der Waals surface area contributed by atoms with Gasteiger partial charge in [0, 0.05) is 5.69 Å². The summed E-state index contributed by atoms with van der Waals surface area (Å²) < 4.78 is 8.79. The normalized spacial score (nSPS) is 13.2. The molecule has 0 radical (unpaired) electrons. The first-order valence-electron chi connectivity index (χ1n) is 7.40. The third-order valence-corrected chi connectivity index (χ3v) is 10.9. The van der Waals surface area contributed by atoms with Crippen LogP contribution in [0.4, 0.5) is 5.69 Å². The summed E-state index contributed by atoms with van der Waals surface area (Å²) in [5.74, 6) is 1.01. The van der Waals surface area contributed by atoms with Gasteiger partial charge in [0.25, 0.3) is 0 Å². The van der Waals surface area contributed by atoms with E-state index in [2.05, 4.69) is 87.4 Å². The SMILES string of the molecule is C[Si](C)(C)Oc1ccc(N([Si](C)(C)C)[Si](C)(C)C)cc1. The molecule has 0 fully saturated rings. The fraction of sp³-hybridized carbons (Fsp3) is 0.600. The number of benzene rings is 1. The van der Waals surface area contributed by atoms with Gasteiger partial charge in [0.15, 0.2) is 0 Å². The summed E-state index contributed by atoms with van der Waals surface area (Å²) in [6.07, 6.45) is 0. The summed E-state index contributed by atoms with van der Waals surface area (Å²) in [6, 6.07) is 8.76. The smallest absolute Gasteiger partial charge is 0.242 e. The molecule has 114 valence electrons. The molecule has 20 heavy (non-hydrogen) atoms. The number of hydrogen-bond donors (Lipinski definition) is 0. The van der Waals surface area contributed by atoms with Crippen molar-refractivity contribution < 1.29 is 4.43 Å². The quantitative estimate of drug-likeness (QED) is 0.674. The lowest BCUT2D eigenvalue weighted by atomic mass is 10.3. The van der Waals surface area contributed by atoms with E-state index in [0.717, 1.165) is 5.75 Å². The van der Waals surface area contributed by atoms with Gasteiger partial charge in [0.2, 0.25) is 8.32 Å². The van der Waals surface area contributed by atoms with Crippen molar-refractivity contribution >= 4 is 30.5 Å². The lowest BCUT2D eigenvalue weighted by Gasteiger charge is -2.46. The van der Waals surface area contributed by atoms with Crippen LogP contribution in [-0.2, 0) is 0 Å². The molecule has 0 atom stereocenters. The molecule has 0 spiro atoms. The number of nitrogens with zero attached hydrogens (tertiary/aromatic N) is 1. The molecule has 0 heterocycles. The third-order valence-electron chi connectivity index (χ3n) is 2.86. The fourth-order valence-electron chi connectivity index (χ4n) is 2.80. The van der Waals surface area contributed by atoms with Crippen LogP contribution in [0.5, 0.6) is 5.75 Å². The van der Waals surface area contributed by atoms with Crippen LogP contribution in [0.15, 0.2) is 24.3 Å². The average Bonchev–Trinajstić information content (AvgIpc) is 2.14. The molecule has 1 aromatic rings. The molecule has 1 aromatic carbocycles. The number of rotatable bonds is 5. The molecule has 1 rings (SSSR count). The first kappa shape index (κ1) is 17.5. The first-order valence-corrected chi connectivity index (χ1v) is 17.7. The Morgan fingerprint density at radius 1 is 0.700 bits per heavy atom. The lowest BCUT2D eigenvalue weighted by molar-refractivity contribution is 0.558. The van der Waals surface area contributed by atoms with E-state index in [1.54, 1.807) is 0 Å².